The Hall–Kier alpha value is -1.61. The zero-order valence-corrected chi connectivity index (χ0v) is 9.23. The normalized spacial score (nSPS) is 9.33. The van der Waals surface area contributed by atoms with Gasteiger partial charge in [0.2, 0.25) is 0 Å². The monoisotopic (exact) mass is 270 g/mol. The van der Waals surface area contributed by atoms with Crippen LogP contribution >= 0.6 is 15.9 Å². The van der Waals surface area contributed by atoms with Gasteiger partial charge in [-0.1, -0.05) is 6.07 Å². The van der Waals surface area contributed by atoms with E-state index in [-0.39, 0.29) is 18.7 Å². The van der Waals surface area contributed by atoms with E-state index < -0.39 is 4.92 Å². The molecule has 0 aromatic heterocycles. The minimum Gasteiger partial charge on any atom is -0.491 e. The van der Waals surface area contributed by atoms with Crippen molar-refractivity contribution in [3.05, 3.63) is 32.8 Å². The Balaban J connectivity index is 2.86. The van der Waals surface area contributed by atoms with E-state index in [0.717, 1.165) is 0 Å². The van der Waals surface area contributed by atoms with Gasteiger partial charge in [-0.15, -0.1) is 0 Å². The number of halogens is 1. The lowest BCUT2D eigenvalue weighted by atomic mass is 10.3. The van der Waals surface area contributed by atoms with E-state index in [0.29, 0.717) is 10.2 Å². The molecule has 0 unspecified atom stereocenters. The minimum atomic E-state index is -0.499. The first-order valence-corrected chi connectivity index (χ1v) is 4.88. The number of nitriles is 1. The molecule has 0 aliphatic rings. The van der Waals surface area contributed by atoms with Crippen molar-refractivity contribution in [3.8, 4) is 11.8 Å². The number of nitro groups is 1. The van der Waals surface area contributed by atoms with E-state index in [1.165, 1.54) is 12.1 Å². The van der Waals surface area contributed by atoms with Crippen molar-refractivity contribution in [1.29, 1.82) is 5.26 Å². The molecule has 0 saturated heterocycles. The molecule has 1 aromatic carbocycles. The van der Waals surface area contributed by atoms with Gasteiger partial charge < -0.3 is 4.74 Å². The number of hydrogen-bond acceptors (Lipinski definition) is 4. The van der Waals surface area contributed by atoms with Gasteiger partial charge >= 0.3 is 0 Å². The van der Waals surface area contributed by atoms with E-state index in [1.54, 1.807) is 6.07 Å². The summed E-state index contributed by atoms with van der Waals surface area (Å²) in [5.74, 6) is 0.374. The number of nitro benzene ring substituents is 1. The highest BCUT2D eigenvalue weighted by Crippen LogP contribution is 2.33. The van der Waals surface area contributed by atoms with Gasteiger partial charge in [0, 0.05) is 6.07 Å². The summed E-state index contributed by atoms with van der Waals surface area (Å²) in [5.41, 5.74) is -0.0514. The molecular weight excluding hydrogens is 264 g/mol. The third kappa shape index (κ3) is 2.92. The van der Waals surface area contributed by atoms with Crippen LogP contribution in [0.5, 0.6) is 5.75 Å². The van der Waals surface area contributed by atoms with Crippen LogP contribution in [0.4, 0.5) is 5.69 Å². The predicted molar refractivity (Wildman–Crippen MR) is 56.5 cm³/mol. The quantitative estimate of drug-likeness (QED) is 0.479. The van der Waals surface area contributed by atoms with Crippen LogP contribution in [-0.2, 0) is 0 Å². The average molecular weight is 271 g/mol. The van der Waals surface area contributed by atoms with Gasteiger partial charge in [-0.05, 0) is 22.0 Å². The molecule has 0 radical (unpaired) electrons. The van der Waals surface area contributed by atoms with Crippen LogP contribution in [-0.4, -0.2) is 11.5 Å². The van der Waals surface area contributed by atoms with Crippen LogP contribution < -0.4 is 4.74 Å². The second kappa shape index (κ2) is 5.32. The summed E-state index contributed by atoms with van der Waals surface area (Å²) in [7, 11) is 0. The van der Waals surface area contributed by atoms with Crippen LogP contribution in [0, 0.1) is 21.4 Å². The van der Waals surface area contributed by atoms with Gasteiger partial charge in [0.15, 0.2) is 0 Å². The number of hydrogen-bond donors (Lipinski definition) is 0. The highest BCUT2D eigenvalue weighted by Gasteiger charge is 2.15. The summed E-state index contributed by atoms with van der Waals surface area (Å²) in [6.45, 7) is 0.219. The molecule has 0 aliphatic heterocycles. The number of ether oxygens (including phenoxy) is 1. The maximum Gasteiger partial charge on any atom is 0.287 e. The van der Waals surface area contributed by atoms with Crippen molar-refractivity contribution in [1.82, 2.24) is 0 Å². The Morgan fingerprint density at radius 2 is 2.33 bits per heavy atom. The van der Waals surface area contributed by atoms with E-state index >= 15 is 0 Å². The van der Waals surface area contributed by atoms with Crippen LogP contribution in [0.3, 0.4) is 0 Å². The average Bonchev–Trinajstić information content (AvgIpc) is 2.20. The Morgan fingerprint density at radius 3 is 2.93 bits per heavy atom. The van der Waals surface area contributed by atoms with Gasteiger partial charge in [-0.2, -0.15) is 5.26 Å². The van der Waals surface area contributed by atoms with Crippen molar-refractivity contribution < 1.29 is 9.66 Å². The molecule has 0 saturated carbocycles. The van der Waals surface area contributed by atoms with Gasteiger partial charge in [-0.25, -0.2) is 0 Å². The van der Waals surface area contributed by atoms with E-state index in [1.807, 2.05) is 6.07 Å². The smallest absolute Gasteiger partial charge is 0.287 e. The largest absolute Gasteiger partial charge is 0.491 e. The van der Waals surface area contributed by atoms with Crippen LogP contribution in [0.1, 0.15) is 6.42 Å². The molecule has 0 atom stereocenters. The molecule has 0 spiro atoms. The summed E-state index contributed by atoms with van der Waals surface area (Å²) in [5, 5.41) is 18.9. The molecule has 0 heterocycles. The molecule has 5 nitrogen and oxygen atoms in total. The molecular formula is C9H7BrN2O3. The molecule has 1 rings (SSSR count). The zero-order valence-electron chi connectivity index (χ0n) is 7.64. The van der Waals surface area contributed by atoms with Gasteiger partial charge in [0.1, 0.15) is 16.8 Å². The standard InChI is InChI=1S/C9H7BrN2O3/c10-9-7(12(13)14)3-1-4-8(9)15-6-2-5-11/h1,3-4H,2,6H2. The second-order valence-electron chi connectivity index (χ2n) is 2.60. The second-order valence-corrected chi connectivity index (χ2v) is 3.40. The summed E-state index contributed by atoms with van der Waals surface area (Å²) in [4.78, 5) is 10.1. The topological polar surface area (TPSA) is 76.2 Å². The maximum atomic E-state index is 10.6. The molecule has 15 heavy (non-hydrogen) atoms. The molecule has 6 heteroatoms. The Labute approximate surface area is 94.6 Å². The van der Waals surface area contributed by atoms with Crippen molar-refractivity contribution >= 4 is 21.6 Å². The fraction of sp³-hybridized carbons (Fsp3) is 0.222. The molecule has 0 amide bonds. The van der Waals surface area contributed by atoms with Gasteiger partial charge in [0.25, 0.3) is 5.69 Å². The lowest BCUT2D eigenvalue weighted by Crippen LogP contribution is -1.98. The lowest BCUT2D eigenvalue weighted by Gasteiger charge is -2.05. The summed E-state index contributed by atoms with van der Waals surface area (Å²) in [6, 6.07) is 6.43. The first kappa shape index (κ1) is 11.5. The van der Waals surface area contributed by atoms with Crippen LogP contribution in [0.25, 0.3) is 0 Å². The summed E-state index contributed by atoms with van der Waals surface area (Å²) < 4.78 is 5.49. The third-order valence-corrected chi connectivity index (χ3v) is 2.41. The number of rotatable bonds is 4. The molecule has 0 N–H and O–H groups in total. The molecule has 0 fully saturated rings. The fourth-order valence-corrected chi connectivity index (χ4v) is 1.48. The van der Waals surface area contributed by atoms with Gasteiger partial charge in [-0.3, -0.25) is 10.1 Å². The van der Waals surface area contributed by atoms with Crippen molar-refractivity contribution in [3.63, 3.8) is 0 Å². The lowest BCUT2D eigenvalue weighted by molar-refractivity contribution is -0.385. The fourth-order valence-electron chi connectivity index (χ4n) is 0.958. The molecule has 1 aromatic rings. The van der Waals surface area contributed by atoms with Crippen molar-refractivity contribution in [2.45, 2.75) is 6.42 Å². The van der Waals surface area contributed by atoms with Gasteiger partial charge in [0.05, 0.1) is 17.4 Å². The Bertz CT molecular complexity index is 414. The SMILES string of the molecule is N#CCCOc1cccc([N+](=O)[O-])c1Br. The van der Waals surface area contributed by atoms with Crippen molar-refractivity contribution in [2.24, 2.45) is 0 Å². The summed E-state index contributed by atoms with van der Waals surface area (Å²) >= 11 is 3.08. The number of benzene rings is 1. The highest BCUT2D eigenvalue weighted by molar-refractivity contribution is 9.10. The van der Waals surface area contributed by atoms with Crippen LogP contribution in [0.2, 0.25) is 0 Å². The first-order valence-electron chi connectivity index (χ1n) is 4.09. The van der Waals surface area contributed by atoms with E-state index in [2.05, 4.69) is 15.9 Å². The first-order chi connectivity index (χ1) is 7.16. The highest BCUT2D eigenvalue weighted by atomic mass is 79.9. The van der Waals surface area contributed by atoms with Crippen molar-refractivity contribution in [2.75, 3.05) is 6.61 Å². The molecule has 0 bridgehead atoms. The maximum absolute atomic E-state index is 10.6. The third-order valence-electron chi connectivity index (χ3n) is 1.61. The van der Waals surface area contributed by atoms with Crippen LogP contribution in [0.15, 0.2) is 22.7 Å². The van der Waals surface area contributed by atoms with E-state index in [4.69, 9.17) is 10.00 Å². The zero-order chi connectivity index (χ0) is 11.3. The molecule has 78 valence electrons. The van der Waals surface area contributed by atoms with E-state index in [9.17, 15) is 10.1 Å². The molecule has 0 aliphatic carbocycles. The summed E-state index contributed by atoms with van der Waals surface area (Å²) in [6.07, 6.45) is 0.245. The Kier molecular flexibility index (Phi) is 4.06. The minimum absolute atomic E-state index is 0.0514. The predicted octanol–water partition coefficient (Wildman–Crippen LogP) is 2.65. The Morgan fingerprint density at radius 1 is 1.60 bits per heavy atom. The number of nitrogens with zero attached hydrogens (tertiary/aromatic N) is 2.